The molecule has 0 amide bonds. The van der Waals surface area contributed by atoms with Crippen LogP contribution in [0.5, 0.6) is 0 Å². The standard InChI is InChI=1S/C20H11ClF3N3O.C2H3N/c21-18-9-8-16(25-26-18)15-11-27(17-7-2-1-6-14(15)17)19(28)12-4-3-5-13(10-12)20(22,23)24;1-2-3/h1-11H;1H3. The van der Waals surface area contributed by atoms with Crippen molar-refractivity contribution in [3.8, 4) is 17.3 Å². The van der Waals surface area contributed by atoms with Crippen LogP contribution in [0.4, 0.5) is 13.2 Å². The zero-order valence-corrected chi connectivity index (χ0v) is 16.8. The number of fused-ring (bicyclic) bond motifs is 1. The Hall–Kier alpha value is -3.70. The average molecular weight is 443 g/mol. The smallest absolute Gasteiger partial charge is 0.282 e. The zero-order valence-electron chi connectivity index (χ0n) is 16.1. The van der Waals surface area contributed by atoms with Crippen LogP contribution in [0, 0.1) is 11.3 Å². The Balaban J connectivity index is 0.000000858. The van der Waals surface area contributed by atoms with E-state index in [4.69, 9.17) is 16.9 Å². The Morgan fingerprint density at radius 3 is 2.42 bits per heavy atom. The maximum atomic E-state index is 13.0. The predicted octanol–water partition coefficient (Wildman–Crippen LogP) is 5.99. The Morgan fingerprint density at radius 2 is 1.77 bits per heavy atom. The third kappa shape index (κ3) is 4.73. The van der Waals surface area contributed by atoms with E-state index in [1.807, 2.05) is 0 Å². The minimum atomic E-state index is -4.53. The molecule has 2 aromatic heterocycles. The van der Waals surface area contributed by atoms with Crippen molar-refractivity contribution in [3.05, 3.63) is 83.1 Å². The maximum Gasteiger partial charge on any atom is 0.416 e. The second kappa shape index (κ2) is 8.98. The van der Waals surface area contributed by atoms with Gasteiger partial charge in [-0.25, -0.2) is 0 Å². The molecule has 0 bridgehead atoms. The van der Waals surface area contributed by atoms with Crippen molar-refractivity contribution in [2.75, 3.05) is 0 Å². The van der Waals surface area contributed by atoms with Gasteiger partial charge >= 0.3 is 6.18 Å². The first-order valence-electron chi connectivity index (χ1n) is 8.88. The van der Waals surface area contributed by atoms with Gasteiger partial charge in [-0.05, 0) is 36.4 Å². The van der Waals surface area contributed by atoms with Crippen LogP contribution >= 0.6 is 11.6 Å². The molecule has 2 heterocycles. The van der Waals surface area contributed by atoms with Crippen molar-refractivity contribution in [2.24, 2.45) is 0 Å². The number of nitrogens with zero attached hydrogens (tertiary/aromatic N) is 4. The molecule has 0 atom stereocenters. The highest BCUT2D eigenvalue weighted by Gasteiger charge is 2.31. The van der Waals surface area contributed by atoms with Crippen molar-refractivity contribution in [1.29, 1.82) is 5.26 Å². The fourth-order valence-electron chi connectivity index (χ4n) is 2.98. The number of aromatic nitrogens is 3. The molecule has 0 aliphatic rings. The molecular formula is C22H14ClF3N4O. The van der Waals surface area contributed by atoms with Crippen LogP contribution in [-0.4, -0.2) is 20.7 Å². The fraction of sp³-hybridized carbons (Fsp3) is 0.0909. The molecule has 4 aromatic rings. The van der Waals surface area contributed by atoms with E-state index in [0.717, 1.165) is 17.5 Å². The second-order valence-electron chi connectivity index (χ2n) is 6.28. The monoisotopic (exact) mass is 442 g/mol. The van der Waals surface area contributed by atoms with Gasteiger partial charge in [-0.15, -0.1) is 10.2 Å². The van der Waals surface area contributed by atoms with E-state index < -0.39 is 17.6 Å². The van der Waals surface area contributed by atoms with E-state index in [1.54, 1.807) is 48.7 Å². The lowest BCUT2D eigenvalue weighted by molar-refractivity contribution is -0.137. The minimum Gasteiger partial charge on any atom is -0.282 e. The molecule has 0 saturated carbocycles. The number of rotatable bonds is 2. The Morgan fingerprint density at radius 1 is 1.06 bits per heavy atom. The molecule has 0 radical (unpaired) electrons. The molecular weight excluding hydrogens is 429 g/mol. The van der Waals surface area contributed by atoms with Gasteiger partial charge in [0.05, 0.1) is 22.8 Å². The summed E-state index contributed by atoms with van der Waals surface area (Å²) in [5.74, 6) is -0.574. The molecule has 0 N–H and O–H groups in total. The average Bonchev–Trinajstić information content (AvgIpc) is 3.14. The van der Waals surface area contributed by atoms with Crippen LogP contribution in [0.25, 0.3) is 22.2 Å². The summed E-state index contributed by atoms with van der Waals surface area (Å²) >= 11 is 5.78. The zero-order chi connectivity index (χ0) is 22.6. The number of benzene rings is 2. The lowest BCUT2D eigenvalue weighted by atomic mass is 10.1. The van der Waals surface area contributed by atoms with Crippen molar-refractivity contribution >= 4 is 28.4 Å². The Kier molecular flexibility index (Phi) is 6.37. The lowest BCUT2D eigenvalue weighted by Crippen LogP contribution is -2.13. The largest absolute Gasteiger partial charge is 0.416 e. The topological polar surface area (TPSA) is 71.6 Å². The molecule has 31 heavy (non-hydrogen) atoms. The molecule has 4 rings (SSSR count). The third-order valence-electron chi connectivity index (χ3n) is 4.28. The van der Waals surface area contributed by atoms with E-state index in [-0.39, 0.29) is 10.7 Å². The predicted molar refractivity (Wildman–Crippen MR) is 110 cm³/mol. The fourth-order valence-corrected chi connectivity index (χ4v) is 3.08. The normalized spacial score (nSPS) is 10.8. The highest BCUT2D eigenvalue weighted by molar-refractivity contribution is 6.29. The number of halogens is 4. The highest BCUT2D eigenvalue weighted by Crippen LogP contribution is 2.32. The summed E-state index contributed by atoms with van der Waals surface area (Å²) in [5.41, 5.74) is 0.732. The molecule has 0 unspecified atom stereocenters. The maximum absolute atomic E-state index is 13.0. The van der Waals surface area contributed by atoms with E-state index >= 15 is 0 Å². The molecule has 0 saturated heterocycles. The van der Waals surface area contributed by atoms with Crippen LogP contribution in [0.2, 0.25) is 5.15 Å². The number of alkyl halides is 3. The summed E-state index contributed by atoms with van der Waals surface area (Å²) in [5, 5.41) is 16.1. The second-order valence-corrected chi connectivity index (χ2v) is 6.67. The highest BCUT2D eigenvalue weighted by atomic mass is 35.5. The summed E-state index contributed by atoms with van der Waals surface area (Å²) in [6, 6.07) is 16.4. The summed E-state index contributed by atoms with van der Waals surface area (Å²) in [7, 11) is 0. The van der Waals surface area contributed by atoms with Gasteiger partial charge in [-0.3, -0.25) is 9.36 Å². The van der Waals surface area contributed by atoms with Crippen LogP contribution < -0.4 is 0 Å². The van der Waals surface area contributed by atoms with E-state index in [0.29, 0.717) is 16.8 Å². The number of carbonyl (C=O) groups is 1. The number of para-hydroxylation sites is 1. The lowest BCUT2D eigenvalue weighted by Gasteiger charge is -2.09. The molecule has 0 aliphatic heterocycles. The van der Waals surface area contributed by atoms with Crippen molar-refractivity contribution in [3.63, 3.8) is 0 Å². The number of carbonyl (C=O) groups excluding carboxylic acids is 1. The van der Waals surface area contributed by atoms with Gasteiger partial charge in [0.2, 0.25) is 0 Å². The number of nitriles is 1. The van der Waals surface area contributed by atoms with E-state index in [2.05, 4.69) is 10.2 Å². The van der Waals surface area contributed by atoms with Crippen molar-refractivity contribution < 1.29 is 18.0 Å². The van der Waals surface area contributed by atoms with Crippen LogP contribution in [0.1, 0.15) is 22.8 Å². The van der Waals surface area contributed by atoms with Crippen LogP contribution in [0.15, 0.2) is 66.9 Å². The summed E-state index contributed by atoms with van der Waals surface area (Å²) in [4.78, 5) is 13.0. The van der Waals surface area contributed by atoms with Gasteiger partial charge < -0.3 is 0 Å². The van der Waals surface area contributed by atoms with Crippen molar-refractivity contribution in [2.45, 2.75) is 13.1 Å². The molecule has 156 valence electrons. The van der Waals surface area contributed by atoms with Gasteiger partial charge in [0.1, 0.15) is 0 Å². The summed E-state index contributed by atoms with van der Waals surface area (Å²) < 4.78 is 40.3. The summed E-state index contributed by atoms with van der Waals surface area (Å²) in [6.07, 6.45) is -2.98. The number of hydrogen-bond acceptors (Lipinski definition) is 4. The third-order valence-corrected chi connectivity index (χ3v) is 4.48. The molecule has 0 aliphatic carbocycles. The van der Waals surface area contributed by atoms with Gasteiger partial charge in [0.15, 0.2) is 5.15 Å². The SMILES string of the molecule is CC#N.O=C(c1cccc(C(F)(F)F)c1)n1cc(-c2ccc(Cl)nn2)c2ccccc21. The van der Waals surface area contributed by atoms with E-state index in [1.165, 1.54) is 23.6 Å². The van der Waals surface area contributed by atoms with Crippen LogP contribution in [0.3, 0.4) is 0 Å². The Labute approximate surface area is 180 Å². The first-order chi connectivity index (χ1) is 14.8. The minimum absolute atomic E-state index is 0.0654. The van der Waals surface area contributed by atoms with E-state index in [9.17, 15) is 18.0 Å². The molecule has 0 spiro atoms. The van der Waals surface area contributed by atoms with Crippen molar-refractivity contribution in [1.82, 2.24) is 14.8 Å². The van der Waals surface area contributed by atoms with Gasteiger partial charge in [-0.2, -0.15) is 18.4 Å². The molecule has 0 fully saturated rings. The summed E-state index contributed by atoms with van der Waals surface area (Å²) in [6.45, 7) is 1.43. The molecule has 5 nitrogen and oxygen atoms in total. The Bertz CT molecular complexity index is 1270. The first kappa shape index (κ1) is 22.0. The van der Waals surface area contributed by atoms with Gasteiger partial charge in [-0.1, -0.05) is 35.9 Å². The van der Waals surface area contributed by atoms with Gasteiger partial charge in [0, 0.05) is 29.6 Å². The number of hydrogen-bond donors (Lipinski definition) is 0. The first-order valence-corrected chi connectivity index (χ1v) is 9.26. The van der Waals surface area contributed by atoms with Gasteiger partial charge in [0.25, 0.3) is 5.91 Å². The quantitative estimate of drug-likeness (QED) is 0.382. The molecule has 9 heteroatoms. The van der Waals surface area contributed by atoms with Crippen LogP contribution in [-0.2, 0) is 6.18 Å². The molecule has 2 aromatic carbocycles.